The van der Waals surface area contributed by atoms with E-state index in [1.165, 1.54) is 11.3 Å². The Morgan fingerprint density at radius 2 is 1.84 bits per heavy atom. The number of rotatable bonds is 8. The Morgan fingerprint density at radius 1 is 1.09 bits per heavy atom. The van der Waals surface area contributed by atoms with Gasteiger partial charge in [0, 0.05) is 18.0 Å². The maximum Gasteiger partial charge on any atom is 0.348 e. The van der Waals surface area contributed by atoms with E-state index < -0.39 is 0 Å². The lowest BCUT2D eigenvalue weighted by atomic mass is 10.1. The number of nitrogens with zero attached hydrogens (tertiary/aromatic N) is 2. The first-order valence-electron chi connectivity index (χ1n) is 10.5. The number of thiophene rings is 1. The number of carbonyl (C=O) groups excluding carboxylic acids is 1. The first-order valence-corrected chi connectivity index (χ1v) is 11.7. The van der Waals surface area contributed by atoms with Crippen LogP contribution < -0.4 is 5.32 Å². The number of fused-ring (bicyclic) bond motifs is 1. The number of anilines is 1. The van der Waals surface area contributed by atoms with Crippen molar-refractivity contribution in [3.63, 3.8) is 0 Å². The molecule has 2 aromatic carbocycles. The summed E-state index contributed by atoms with van der Waals surface area (Å²) < 4.78 is 5.24. The van der Waals surface area contributed by atoms with Gasteiger partial charge in [0.15, 0.2) is 0 Å². The SMILES string of the molecule is CCOC(=O)c1sc2nc(Cc3ccccc3)nc(NCCc3ccccc3Cl)c2c1C. The molecule has 4 rings (SSSR count). The zero-order chi connectivity index (χ0) is 22.5. The fourth-order valence-corrected chi connectivity index (χ4v) is 4.90. The molecule has 7 heteroatoms. The van der Waals surface area contributed by atoms with Crippen molar-refractivity contribution in [3.05, 3.63) is 87.0 Å². The normalized spacial score (nSPS) is 11.0. The van der Waals surface area contributed by atoms with E-state index in [1.54, 1.807) is 6.92 Å². The smallest absolute Gasteiger partial charge is 0.348 e. The number of aromatic nitrogens is 2. The molecule has 1 N–H and O–H groups in total. The molecule has 32 heavy (non-hydrogen) atoms. The van der Waals surface area contributed by atoms with Crippen LogP contribution in [0.5, 0.6) is 0 Å². The summed E-state index contributed by atoms with van der Waals surface area (Å²) in [7, 11) is 0. The predicted molar refractivity (Wildman–Crippen MR) is 131 cm³/mol. The second-order valence-corrected chi connectivity index (χ2v) is 8.78. The Labute approximate surface area is 196 Å². The molecule has 2 heterocycles. The largest absolute Gasteiger partial charge is 0.462 e. The first kappa shape index (κ1) is 22.2. The third-order valence-corrected chi connectivity index (χ3v) is 6.68. The highest BCUT2D eigenvalue weighted by Gasteiger charge is 2.21. The molecule has 2 aromatic heterocycles. The number of benzene rings is 2. The van der Waals surface area contributed by atoms with E-state index in [2.05, 4.69) is 17.4 Å². The van der Waals surface area contributed by atoms with Crippen LogP contribution in [0.15, 0.2) is 54.6 Å². The third-order valence-electron chi connectivity index (χ3n) is 5.15. The van der Waals surface area contributed by atoms with Crippen molar-refractivity contribution in [2.45, 2.75) is 26.7 Å². The molecule has 0 fully saturated rings. The van der Waals surface area contributed by atoms with Crippen LogP contribution in [0.1, 0.15) is 39.1 Å². The molecule has 5 nitrogen and oxygen atoms in total. The maximum atomic E-state index is 12.5. The summed E-state index contributed by atoms with van der Waals surface area (Å²) in [6, 6.07) is 17.9. The van der Waals surface area contributed by atoms with Crippen LogP contribution in [0.3, 0.4) is 0 Å². The molecule has 0 spiro atoms. The monoisotopic (exact) mass is 465 g/mol. The van der Waals surface area contributed by atoms with E-state index in [-0.39, 0.29) is 5.97 Å². The molecule has 0 aliphatic rings. The van der Waals surface area contributed by atoms with Gasteiger partial charge < -0.3 is 10.1 Å². The molecule has 0 atom stereocenters. The van der Waals surface area contributed by atoms with Crippen molar-refractivity contribution < 1.29 is 9.53 Å². The highest BCUT2D eigenvalue weighted by molar-refractivity contribution is 7.20. The van der Waals surface area contributed by atoms with Gasteiger partial charge >= 0.3 is 5.97 Å². The minimum Gasteiger partial charge on any atom is -0.462 e. The quantitative estimate of drug-likeness (QED) is 0.320. The third kappa shape index (κ3) is 4.92. The minimum atomic E-state index is -0.320. The fraction of sp³-hybridized carbons (Fsp3) is 0.240. The fourth-order valence-electron chi connectivity index (χ4n) is 3.58. The van der Waals surface area contributed by atoms with E-state index in [9.17, 15) is 4.79 Å². The number of ether oxygens (including phenoxy) is 1. The number of hydrogen-bond acceptors (Lipinski definition) is 6. The van der Waals surface area contributed by atoms with Gasteiger partial charge in [-0.1, -0.05) is 60.1 Å². The molecule has 0 aliphatic carbocycles. The average Bonchev–Trinajstić information content (AvgIpc) is 3.12. The lowest BCUT2D eigenvalue weighted by molar-refractivity contribution is 0.0531. The summed E-state index contributed by atoms with van der Waals surface area (Å²) in [5.41, 5.74) is 3.05. The summed E-state index contributed by atoms with van der Waals surface area (Å²) in [5.74, 6) is 1.12. The summed E-state index contributed by atoms with van der Waals surface area (Å²) in [6.07, 6.45) is 1.37. The van der Waals surface area contributed by atoms with Crippen molar-refractivity contribution in [2.24, 2.45) is 0 Å². The maximum absolute atomic E-state index is 12.5. The molecule has 4 aromatic rings. The van der Waals surface area contributed by atoms with Gasteiger partial charge in [-0.25, -0.2) is 14.8 Å². The summed E-state index contributed by atoms with van der Waals surface area (Å²) in [6.45, 7) is 4.72. The molecular weight excluding hydrogens is 442 g/mol. The lowest BCUT2D eigenvalue weighted by Crippen LogP contribution is -2.09. The van der Waals surface area contributed by atoms with Gasteiger partial charge in [0.25, 0.3) is 0 Å². The van der Waals surface area contributed by atoms with Crippen molar-refractivity contribution in [1.29, 1.82) is 0 Å². The van der Waals surface area contributed by atoms with Crippen LogP contribution in [0.4, 0.5) is 5.82 Å². The Morgan fingerprint density at radius 3 is 2.59 bits per heavy atom. The summed E-state index contributed by atoms with van der Waals surface area (Å²) >= 11 is 7.66. The summed E-state index contributed by atoms with van der Waals surface area (Å²) in [5, 5.41) is 5.08. The van der Waals surface area contributed by atoms with E-state index in [0.717, 1.165) is 44.2 Å². The van der Waals surface area contributed by atoms with Crippen LogP contribution >= 0.6 is 22.9 Å². The van der Waals surface area contributed by atoms with Crippen LogP contribution in [0.2, 0.25) is 5.02 Å². The van der Waals surface area contributed by atoms with Crippen LogP contribution in [0, 0.1) is 6.92 Å². The molecule has 0 bridgehead atoms. The van der Waals surface area contributed by atoms with Gasteiger partial charge in [-0.15, -0.1) is 11.3 Å². The van der Waals surface area contributed by atoms with Gasteiger partial charge in [0.1, 0.15) is 21.3 Å². The Kier molecular flexibility index (Phi) is 7.02. The Hall–Kier alpha value is -2.96. The standard InChI is InChI=1S/C25H24ClN3O2S/c1-3-31-25(30)22-16(2)21-23(27-14-13-18-11-7-8-12-19(18)26)28-20(29-24(21)32-22)15-17-9-5-4-6-10-17/h4-12H,3,13-15H2,1-2H3,(H,27,28,29). The highest BCUT2D eigenvalue weighted by atomic mass is 35.5. The predicted octanol–water partition coefficient (Wildman–Crippen LogP) is 6.08. The first-order chi connectivity index (χ1) is 15.6. The number of hydrogen-bond donors (Lipinski definition) is 1. The number of halogens is 1. The number of nitrogens with one attached hydrogen (secondary N) is 1. The zero-order valence-corrected chi connectivity index (χ0v) is 19.6. The molecule has 0 saturated heterocycles. The Balaban J connectivity index is 1.68. The average molecular weight is 466 g/mol. The highest BCUT2D eigenvalue weighted by Crippen LogP contribution is 2.34. The molecule has 0 unspecified atom stereocenters. The number of carbonyl (C=O) groups is 1. The van der Waals surface area contributed by atoms with Gasteiger partial charge in [-0.3, -0.25) is 0 Å². The van der Waals surface area contributed by atoms with Gasteiger partial charge in [0.05, 0.1) is 12.0 Å². The van der Waals surface area contributed by atoms with E-state index >= 15 is 0 Å². The molecule has 0 amide bonds. The van der Waals surface area contributed by atoms with Crippen molar-refractivity contribution in [1.82, 2.24) is 9.97 Å². The van der Waals surface area contributed by atoms with Gasteiger partial charge in [-0.05, 0) is 43.0 Å². The van der Waals surface area contributed by atoms with Crippen molar-refractivity contribution >= 4 is 44.9 Å². The second-order valence-electron chi connectivity index (χ2n) is 7.38. The molecular formula is C25H24ClN3O2S. The molecule has 0 aliphatic heterocycles. The second kappa shape index (κ2) is 10.1. The minimum absolute atomic E-state index is 0.320. The Bertz CT molecular complexity index is 1240. The number of esters is 1. The van der Waals surface area contributed by atoms with Gasteiger partial charge in [-0.2, -0.15) is 0 Å². The van der Waals surface area contributed by atoms with Crippen LogP contribution in [-0.4, -0.2) is 29.1 Å². The zero-order valence-electron chi connectivity index (χ0n) is 18.0. The van der Waals surface area contributed by atoms with Crippen molar-refractivity contribution in [2.75, 3.05) is 18.5 Å². The van der Waals surface area contributed by atoms with Gasteiger partial charge in [0.2, 0.25) is 0 Å². The van der Waals surface area contributed by atoms with E-state index in [4.69, 9.17) is 26.3 Å². The topological polar surface area (TPSA) is 64.1 Å². The van der Waals surface area contributed by atoms with E-state index in [0.29, 0.717) is 30.3 Å². The van der Waals surface area contributed by atoms with Crippen molar-refractivity contribution in [3.8, 4) is 0 Å². The molecule has 0 saturated carbocycles. The molecule has 0 radical (unpaired) electrons. The lowest BCUT2D eigenvalue weighted by Gasteiger charge is -2.11. The van der Waals surface area contributed by atoms with Crippen LogP contribution in [0.25, 0.3) is 10.2 Å². The molecule has 164 valence electrons. The summed E-state index contributed by atoms with van der Waals surface area (Å²) in [4.78, 5) is 23.4. The van der Waals surface area contributed by atoms with E-state index in [1.807, 2.05) is 49.4 Å². The number of aryl methyl sites for hydroxylation is 1. The van der Waals surface area contributed by atoms with Crippen LogP contribution in [-0.2, 0) is 17.6 Å².